The van der Waals surface area contributed by atoms with E-state index in [-0.39, 0.29) is 0 Å². The van der Waals surface area contributed by atoms with E-state index < -0.39 is 0 Å². The summed E-state index contributed by atoms with van der Waals surface area (Å²) in [5.74, 6) is 1.74. The molecule has 2 atom stereocenters. The Kier molecular flexibility index (Phi) is 3.21. The Labute approximate surface area is 91.3 Å². The third kappa shape index (κ3) is 2.48. The minimum absolute atomic E-state index is 0.500. The molecule has 1 aliphatic rings. The quantitative estimate of drug-likeness (QED) is 0.777. The molecule has 3 heteroatoms. The number of rotatable bonds is 2. The van der Waals surface area contributed by atoms with Gasteiger partial charge in [0.25, 0.3) is 0 Å². The fraction of sp³-hybridized carbons (Fsp3) is 0.583. The monoisotopic (exact) mass is 205 g/mol. The van der Waals surface area contributed by atoms with Crippen LogP contribution in [0.25, 0.3) is 0 Å². The smallest absolute Gasteiger partial charge is 0.125 e. The predicted octanol–water partition coefficient (Wildman–Crippen LogP) is 2.18. The number of aromatic nitrogens is 1. The number of pyridine rings is 1. The standard InChI is InChI=1S/C12H19N3/c1-9-3-5-11(14-7-9)10-4-6-12(13-2)15-8-10/h4,6,8-9,11,14H,3,5,7H2,1-2H3,(H,13,15)/t9-,11+/m0/s1. The zero-order chi connectivity index (χ0) is 10.7. The lowest BCUT2D eigenvalue weighted by atomic mass is 9.93. The van der Waals surface area contributed by atoms with Crippen molar-refractivity contribution >= 4 is 5.82 Å². The summed E-state index contributed by atoms with van der Waals surface area (Å²) in [5, 5.41) is 6.59. The molecule has 1 saturated heterocycles. The van der Waals surface area contributed by atoms with Crippen LogP contribution in [0.2, 0.25) is 0 Å². The van der Waals surface area contributed by atoms with E-state index in [0.717, 1.165) is 18.3 Å². The van der Waals surface area contributed by atoms with E-state index >= 15 is 0 Å². The van der Waals surface area contributed by atoms with Gasteiger partial charge < -0.3 is 10.6 Å². The molecule has 1 aromatic heterocycles. The van der Waals surface area contributed by atoms with E-state index in [0.29, 0.717) is 6.04 Å². The van der Waals surface area contributed by atoms with Crippen molar-refractivity contribution in [3.05, 3.63) is 23.9 Å². The summed E-state index contributed by atoms with van der Waals surface area (Å²) >= 11 is 0. The Morgan fingerprint density at radius 2 is 2.27 bits per heavy atom. The van der Waals surface area contributed by atoms with E-state index in [2.05, 4.69) is 28.6 Å². The molecule has 0 bridgehead atoms. The summed E-state index contributed by atoms with van der Waals surface area (Å²) in [6.07, 6.45) is 4.51. The molecule has 0 saturated carbocycles. The fourth-order valence-corrected chi connectivity index (χ4v) is 2.04. The van der Waals surface area contributed by atoms with Gasteiger partial charge in [0, 0.05) is 19.3 Å². The van der Waals surface area contributed by atoms with Crippen LogP contribution < -0.4 is 10.6 Å². The SMILES string of the molecule is CNc1ccc([C@H]2CC[C@H](C)CN2)cn1. The van der Waals surface area contributed by atoms with Gasteiger partial charge in [-0.3, -0.25) is 0 Å². The molecular weight excluding hydrogens is 186 g/mol. The van der Waals surface area contributed by atoms with Crippen molar-refractivity contribution in [3.8, 4) is 0 Å². The van der Waals surface area contributed by atoms with Gasteiger partial charge in [-0.1, -0.05) is 13.0 Å². The Hall–Kier alpha value is -1.09. The molecule has 15 heavy (non-hydrogen) atoms. The highest BCUT2D eigenvalue weighted by Crippen LogP contribution is 2.25. The highest BCUT2D eigenvalue weighted by molar-refractivity contribution is 5.35. The number of nitrogens with one attached hydrogen (secondary N) is 2. The summed E-state index contributed by atoms with van der Waals surface area (Å²) in [6, 6.07) is 4.70. The van der Waals surface area contributed by atoms with Crippen molar-refractivity contribution in [1.82, 2.24) is 10.3 Å². The van der Waals surface area contributed by atoms with E-state index in [4.69, 9.17) is 0 Å². The molecule has 82 valence electrons. The summed E-state index contributed by atoms with van der Waals surface area (Å²) < 4.78 is 0. The van der Waals surface area contributed by atoms with Gasteiger partial charge in [0.05, 0.1) is 0 Å². The maximum Gasteiger partial charge on any atom is 0.125 e. The molecule has 3 nitrogen and oxygen atoms in total. The second-order valence-corrected chi connectivity index (χ2v) is 4.37. The van der Waals surface area contributed by atoms with Gasteiger partial charge in [-0.05, 0) is 36.9 Å². The predicted molar refractivity (Wildman–Crippen MR) is 62.9 cm³/mol. The third-order valence-corrected chi connectivity index (χ3v) is 3.11. The third-order valence-electron chi connectivity index (χ3n) is 3.11. The van der Waals surface area contributed by atoms with Crippen molar-refractivity contribution in [1.29, 1.82) is 0 Å². The maximum atomic E-state index is 4.34. The van der Waals surface area contributed by atoms with Gasteiger partial charge in [-0.2, -0.15) is 0 Å². The van der Waals surface area contributed by atoms with Crippen LogP contribution in [-0.4, -0.2) is 18.6 Å². The van der Waals surface area contributed by atoms with E-state index in [1.165, 1.54) is 18.4 Å². The van der Waals surface area contributed by atoms with Crippen LogP contribution in [0.15, 0.2) is 18.3 Å². The summed E-state index contributed by atoms with van der Waals surface area (Å²) in [7, 11) is 1.89. The second kappa shape index (κ2) is 4.62. The van der Waals surface area contributed by atoms with Crippen molar-refractivity contribution in [2.45, 2.75) is 25.8 Å². The number of nitrogens with zero attached hydrogens (tertiary/aromatic N) is 1. The fourth-order valence-electron chi connectivity index (χ4n) is 2.04. The molecule has 2 rings (SSSR count). The van der Waals surface area contributed by atoms with E-state index in [1.807, 2.05) is 19.3 Å². The highest BCUT2D eigenvalue weighted by atomic mass is 15.0. The van der Waals surface area contributed by atoms with Gasteiger partial charge in [-0.15, -0.1) is 0 Å². The maximum absolute atomic E-state index is 4.34. The summed E-state index contributed by atoms with van der Waals surface area (Å²) in [5.41, 5.74) is 1.31. The molecule has 0 radical (unpaired) electrons. The van der Waals surface area contributed by atoms with Gasteiger partial charge in [-0.25, -0.2) is 4.98 Å². The Morgan fingerprint density at radius 3 is 2.80 bits per heavy atom. The minimum Gasteiger partial charge on any atom is -0.373 e. The molecule has 2 N–H and O–H groups in total. The topological polar surface area (TPSA) is 37.0 Å². The normalized spacial score (nSPS) is 26.3. The van der Waals surface area contributed by atoms with Crippen LogP contribution in [0.1, 0.15) is 31.4 Å². The van der Waals surface area contributed by atoms with Gasteiger partial charge in [0.2, 0.25) is 0 Å². The summed E-state index contributed by atoms with van der Waals surface area (Å²) in [4.78, 5) is 4.34. The zero-order valence-corrected chi connectivity index (χ0v) is 9.46. The van der Waals surface area contributed by atoms with Crippen LogP contribution in [-0.2, 0) is 0 Å². The molecule has 2 heterocycles. The lowest BCUT2D eigenvalue weighted by Gasteiger charge is -2.27. The first kappa shape index (κ1) is 10.4. The molecule has 0 aromatic carbocycles. The van der Waals surface area contributed by atoms with Crippen molar-refractivity contribution in [2.75, 3.05) is 18.9 Å². The lowest BCUT2D eigenvalue weighted by Crippen LogP contribution is -2.31. The lowest BCUT2D eigenvalue weighted by molar-refractivity contribution is 0.332. The number of hydrogen-bond acceptors (Lipinski definition) is 3. The molecular formula is C12H19N3. The Balaban J connectivity index is 2.03. The van der Waals surface area contributed by atoms with Crippen LogP contribution >= 0.6 is 0 Å². The van der Waals surface area contributed by atoms with Crippen LogP contribution in [0.3, 0.4) is 0 Å². The number of piperidine rings is 1. The molecule has 1 aliphatic heterocycles. The van der Waals surface area contributed by atoms with Gasteiger partial charge in [0.1, 0.15) is 5.82 Å². The molecule has 0 spiro atoms. The van der Waals surface area contributed by atoms with Crippen molar-refractivity contribution in [2.24, 2.45) is 5.92 Å². The molecule has 0 unspecified atom stereocenters. The average Bonchev–Trinajstić information content (AvgIpc) is 2.30. The highest BCUT2D eigenvalue weighted by Gasteiger charge is 2.18. The molecule has 1 fully saturated rings. The molecule has 0 aliphatic carbocycles. The van der Waals surface area contributed by atoms with Crippen LogP contribution in [0.5, 0.6) is 0 Å². The minimum atomic E-state index is 0.500. The second-order valence-electron chi connectivity index (χ2n) is 4.37. The average molecular weight is 205 g/mol. The first-order valence-electron chi connectivity index (χ1n) is 5.66. The number of hydrogen-bond donors (Lipinski definition) is 2. The van der Waals surface area contributed by atoms with Crippen LogP contribution in [0.4, 0.5) is 5.82 Å². The van der Waals surface area contributed by atoms with Crippen LogP contribution in [0, 0.1) is 5.92 Å². The first-order valence-corrected chi connectivity index (χ1v) is 5.66. The Bertz CT molecular complexity index is 299. The summed E-state index contributed by atoms with van der Waals surface area (Å²) in [6.45, 7) is 3.42. The van der Waals surface area contributed by atoms with E-state index in [1.54, 1.807) is 0 Å². The first-order chi connectivity index (χ1) is 7.29. The van der Waals surface area contributed by atoms with Gasteiger partial charge >= 0.3 is 0 Å². The van der Waals surface area contributed by atoms with Crippen molar-refractivity contribution < 1.29 is 0 Å². The molecule has 1 aromatic rings. The van der Waals surface area contributed by atoms with Crippen molar-refractivity contribution in [3.63, 3.8) is 0 Å². The largest absolute Gasteiger partial charge is 0.373 e. The van der Waals surface area contributed by atoms with E-state index in [9.17, 15) is 0 Å². The Morgan fingerprint density at radius 1 is 1.40 bits per heavy atom. The van der Waals surface area contributed by atoms with Gasteiger partial charge in [0.15, 0.2) is 0 Å². The zero-order valence-electron chi connectivity index (χ0n) is 9.46. The number of anilines is 1. The molecule has 0 amide bonds.